The minimum atomic E-state index is -1.10. The minimum Gasteiger partial charge on any atom is -0.555 e. The Kier molecular flexibility index (Phi) is 3.09. The van der Waals surface area contributed by atoms with E-state index in [2.05, 4.69) is 38.2 Å². The van der Waals surface area contributed by atoms with E-state index >= 15 is 0 Å². The quantitative estimate of drug-likeness (QED) is 0.519. The monoisotopic (exact) mass is 226 g/mol. The molecule has 0 aromatic carbocycles. The highest BCUT2D eigenvalue weighted by Gasteiger charge is 2.53. The Balaban J connectivity index is 2.17. The summed E-state index contributed by atoms with van der Waals surface area (Å²) < 4.78 is 0. The summed E-state index contributed by atoms with van der Waals surface area (Å²) in [6.45, 7) is 3.51. The van der Waals surface area contributed by atoms with Crippen LogP contribution in [0.1, 0.15) is 33.1 Å². The van der Waals surface area contributed by atoms with Gasteiger partial charge in [-0.2, -0.15) is 0 Å². The molecule has 1 fully saturated rings. The summed E-state index contributed by atoms with van der Waals surface area (Å²) in [6.07, 6.45) is 13.0. The van der Waals surface area contributed by atoms with Gasteiger partial charge in [-0.3, -0.25) is 0 Å². The summed E-state index contributed by atoms with van der Waals surface area (Å²) >= 11 is 6.04. The van der Waals surface area contributed by atoms with E-state index in [1.54, 1.807) is 0 Å². The molecule has 2 rings (SSSR count). The molecule has 2 unspecified atom stereocenters. The summed E-state index contributed by atoms with van der Waals surface area (Å²) in [5.74, 6) is 0. The lowest BCUT2D eigenvalue weighted by molar-refractivity contribution is 0.596. The number of hydrogen-bond donors (Lipinski definition) is 0. The van der Waals surface area contributed by atoms with E-state index in [0.29, 0.717) is 5.66 Å². The average molecular weight is 226 g/mol. The van der Waals surface area contributed by atoms with Gasteiger partial charge < -0.3 is 12.2 Å². The minimum absolute atomic E-state index is 0.640. The maximum absolute atomic E-state index is 6.04. The van der Waals surface area contributed by atoms with Gasteiger partial charge in [0.2, 0.25) is 0 Å². The third-order valence-corrected chi connectivity index (χ3v) is 11.1. The van der Waals surface area contributed by atoms with Crippen LogP contribution in [0.15, 0.2) is 24.3 Å². The van der Waals surface area contributed by atoms with Crippen molar-refractivity contribution < 1.29 is 0 Å². The second-order valence-corrected chi connectivity index (χ2v) is 9.86. The fourth-order valence-electron chi connectivity index (χ4n) is 2.88. The Morgan fingerprint density at radius 1 is 1.14 bits per heavy atom. The molecule has 2 atom stereocenters. The molecule has 1 aliphatic heterocycles. The molecule has 14 heavy (non-hydrogen) atoms. The molecule has 0 aromatic rings. The molecule has 0 aromatic heterocycles. The molecule has 0 nitrogen and oxygen atoms in total. The summed E-state index contributed by atoms with van der Waals surface area (Å²) in [7, 11) is 0. The molecule has 0 N–H and O–H groups in total. The topological polar surface area (TPSA) is 0 Å². The van der Waals surface area contributed by atoms with Gasteiger partial charge in [-0.05, 0) is 25.0 Å². The molecular weight excluding hydrogens is 207 g/mol. The normalized spacial score (nSPS) is 41.6. The van der Waals surface area contributed by atoms with Crippen LogP contribution in [0.4, 0.5) is 0 Å². The maximum atomic E-state index is 6.04. The van der Waals surface area contributed by atoms with Crippen LogP contribution in [0.3, 0.4) is 0 Å². The predicted molar refractivity (Wildman–Crippen MR) is 69.1 cm³/mol. The summed E-state index contributed by atoms with van der Waals surface area (Å²) in [5, 5.41) is 0. The Labute approximate surface area is 93.4 Å². The molecule has 0 radical (unpaired) electrons. The highest BCUT2D eigenvalue weighted by Crippen LogP contribution is 2.80. The fourth-order valence-corrected chi connectivity index (χ4v) is 8.94. The van der Waals surface area contributed by atoms with Gasteiger partial charge in [-0.1, -0.05) is 32.5 Å². The van der Waals surface area contributed by atoms with Crippen LogP contribution >= 0.6 is 6.46 Å². The van der Waals surface area contributed by atoms with Crippen LogP contribution in [-0.4, -0.2) is 17.0 Å². The molecule has 0 spiro atoms. The Hall–Kier alpha value is 0.260. The van der Waals surface area contributed by atoms with E-state index in [1.165, 1.54) is 19.3 Å². The van der Waals surface area contributed by atoms with Crippen molar-refractivity contribution >= 4 is 18.7 Å². The first-order valence-electron chi connectivity index (χ1n) is 5.67. The van der Waals surface area contributed by atoms with Crippen LogP contribution in [0, 0.1) is 0 Å². The average Bonchev–Trinajstić information content (AvgIpc) is 2.69. The Morgan fingerprint density at radius 3 is 2.07 bits per heavy atom. The van der Waals surface area contributed by atoms with E-state index in [4.69, 9.17) is 12.2 Å². The number of rotatable bonds is 3. The van der Waals surface area contributed by atoms with Crippen molar-refractivity contribution in [1.29, 1.82) is 0 Å². The largest absolute Gasteiger partial charge is 0.555 e. The van der Waals surface area contributed by atoms with Gasteiger partial charge in [0.05, 0.1) is 17.0 Å². The van der Waals surface area contributed by atoms with Crippen LogP contribution in [0.2, 0.25) is 0 Å². The lowest BCUT2D eigenvalue weighted by atomic mass is 10.1. The van der Waals surface area contributed by atoms with Crippen molar-refractivity contribution in [3.63, 3.8) is 0 Å². The summed E-state index contributed by atoms with van der Waals surface area (Å²) in [6, 6.07) is 0. The zero-order chi connectivity index (χ0) is 10.2. The molecule has 0 amide bonds. The van der Waals surface area contributed by atoms with Gasteiger partial charge in [-0.15, -0.1) is 0 Å². The van der Waals surface area contributed by atoms with E-state index in [0.717, 1.165) is 11.3 Å². The van der Waals surface area contributed by atoms with E-state index in [1.807, 2.05) is 0 Å². The zero-order valence-corrected chi connectivity index (χ0v) is 10.7. The first-order valence-corrected chi connectivity index (χ1v) is 8.68. The highest BCUT2D eigenvalue weighted by atomic mass is 32.7. The second kappa shape index (κ2) is 4.02. The second-order valence-electron chi connectivity index (χ2n) is 4.38. The molecule has 0 saturated carbocycles. The van der Waals surface area contributed by atoms with Crippen molar-refractivity contribution in [2.24, 2.45) is 0 Å². The highest BCUT2D eigenvalue weighted by molar-refractivity contribution is 8.43. The smallest absolute Gasteiger partial charge is 0.0870 e. The molecule has 1 heterocycles. The third kappa shape index (κ3) is 1.41. The first kappa shape index (κ1) is 10.8. The van der Waals surface area contributed by atoms with Crippen LogP contribution in [-0.2, 0) is 12.2 Å². The lowest BCUT2D eigenvalue weighted by Gasteiger charge is -2.57. The predicted octanol–water partition coefficient (Wildman–Crippen LogP) is 3.92. The molecule has 0 bridgehead atoms. The number of hydrogen-bond acceptors (Lipinski definition) is 1. The van der Waals surface area contributed by atoms with Crippen LogP contribution in [0.25, 0.3) is 0 Å². The molecule has 78 valence electrons. The van der Waals surface area contributed by atoms with Gasteiger partial charge >= 0.3 is 0 Å². The fraction of sp³-hybridized carbons (Fsp3) is 0.667. The SMILES string of the molecule is CCC1CC(CC)[P+]1([S-])C1C=CC=C1. The number of allylic oxidation sites excluding steroid dienone is 4. The summed E-state index contributed by atoms with van der Waals surface area (Å²) in [5.41, 5.74) is 2.39. The molecule has 2 aliphatic rings. The summed E-state index contributed by atoms with van der Waals surface area (Å²) in [4.78, 5) is 0. The van der Waals surface area contributed by atoms with Crippen molar-refractivity contribution in [3.05, 3.63) is 24.3 Å². The van der Waals surface area contributed by atoms with E-state index in [-0.39, 0.29) is 0 Å². The zero-order valence-electron chi connectivity index (χ0n) is 9.02. The van der Waals surface area contributed by atoms with Crippen LogP contribution in [0.5, 0.6) is 0 Å². The van der Waals surface area contributed by atoms with Gasteiger partial charge in [0.15, 0.2) is 0 Å². The van der Waals surface area contributed by atoms with Crippen molar-refractivity contribution in [1.82, 2.24) is 0 Å². The molecule has 1 saturated heterocycles. The van der Waals surface area contributed by atoms with Crippen molar-refractivity contribution in [2.45, 2.75) is 50.1 Å². The van der Waals surface area contributed by atoms with Crippen molar-refractivity contribution in [3.8, 4) is 0 Å². The van der Waals surface area contributed by atoms with Gasteiger partial charge in [0.25, 0.3) is 0 Å². The first-order chi connectivity index (χ1) is 6.73. The Bertz CT molecular complexity index is 247. The molecule has 1 aliphatic carbocycles. The standard InChI is InChI=1S/C12H19PS/c1-3-10-9-11(4-2)13(10,14)12-7-5-6-8-12/h5-8,10-12H,3-4,9H2,1-2H3. The maximum Gasteiger partial charge on any atom is 0.0870 e. The van der Waals surface area contributed by atoms with Crippen LogP contribution < -0.4 is 0 Å². The van der Waals surface area contributed by atoms with Gasteiger partial charge in [-0.25, -0.2) is 0 Å². The third-order valence-electron chi connectivity index (χ3n) is 3.82. The Morgan fingerprint density at radius 2 is 1.64 bits per heavy atom. The molecule has 2 heteroatoms. The lowest BCUT2D eigenvalue weighted by Crippen LogP contribution is -2.40. The van der Waals surface area contributed by atoms with Gasteiger partial charge in [0.1, 0.15) is 0 Å². The molecular formula is C12H19PS. The van der Waals surface area contributed by atoms with E-state index in [9.17, 15) is 0 Å². The van der Waals surface area contributed by atoms with Crippen molar-refractivity contribution in [2.75, 3.05) is 0 Å². The van der Waals surface area contributed by atoms with Gasteiger partial charge in [0, 0.05) is 6.42 Å². The van der Waals surface area contributed by atoms with E-state index < -0.39 is 6.46 Å².